The molecule has 0 spiro atoms. The highest BCUT2D eigenvalue weighted by molar-refractivity contribution is 6.30. The molecule has 0 amide bonds. The molecule has 134 valence electrons. The molecule has 0 aliphatic carbocycles. The minimum absolute atomic E-state index is 0.413. The fourth-order valence-electron chi connectivity index (χ4n) is 3.20. The number of benzene rings is 4. The van der Waals surface area contributed by atoms with Gasteiger partial charge < -0.3 is 4.74 Å². The predicted molar refractivity (Wildman–Crippen MR) is 111 cm³/mol. The highest BCUT2D eigenvalue weighted by atomic mass is 35.5. The summed E-state index contributed by atoms with van der Waals surface area (Å²) in [6, 6.07) is 23.9. The van der Waals surface area contributed by atoms with Gasteiger partial charge in [0.1, 0.15) is 5.75 Å². The molecule has 4 nitrogen and oxygen atoms in total. The van der Waals surface area contributed by atoms with Crippen molar-refractivity contribution in [1.29, 1.82) is 0 Å². The molecule has 1 aromatic heterocycles. The number of rotatable bonds is 2. The maximum absolute atomic E-state index is 12.5. The van der Waals surface area contributed by atoms with Crippen LogP contribution in [0.1, 0.15) is 10.4 Å². The second-order valence-corrected chi connectivity index (χ2v) is 6.86. The van der Waals surface area contributed by atoms with Crippen LogP contribution in [0.3, 0.4) is 0 Å². The van der Waals surface area contributed by atoms with Crippen LogP contribution in [0.4, 0.5) is 0 Å². The highest BCUT2D eigenvalue weighted by Crippen LogP contribution is 2.25. The maximum atomic E-state index is 12.5. The Labute approximate surface area is 165 Å². The van der Waals surface area contributed by atoms with Crippen molar-refractivity contribution in [3.05, 3.63) is 89.4 Å². The van der Waals surface area contributed by atoms with Gasteiger partial charge >= 0.3 is 5.97 Å². The van der Waals surface area contributed by atoms with E-state index in [0.29, 0.717) is 21.9 Å². The molecule has 1 heterocycles. The largest absolute Gasteiger partial charge is 0.423 e. The topological polar surface area (TPSA) is 52.1 Å². The van der Waals surface area contributed by atoms with Crippen molar-refractivity contribution >= 4 is 50.4 Å². The molecule has 0 fully saturated rings. The van der Waals surface area contributed by atoms with Gasteiger partial charge in [-0.25, -0.2) is 14.8 Å². The third kappa shape index (κ3) is 2.94. The summed E-state index contributed by atoms with van der Waals surface area (Å²) in [5, 5.41) is 2.71. The number of hydrogen-bond donors (Lipinski definition) is 0. The minimum atomic E-state index is -0.455. The van der Waals surface area contributed by atoms with Gasteiger partial charge in [0.05, 0.1) is 27.6 Å². The number of carbonyl (C=O) groups is 1. The molecule has 0 bridgehead atoms. The molecule has 0 saturated carbocycles. The first kappa shape index (κ1) is 16.7. The Kier molecular flexibility index (Phi) is 3.92. The van der Waals surface area contributed by atoms with E-state index in [4.69, 9.17) is 26.3 Å². The molecule has 0 atom stereocenters. The Morgan fingerprint density at radius 1 is 0.786 bits per heavy atom. The Morgan fingerprint density at radius 3 is 2.43 bits per heavy atom. The Balaban J connectivity index is 1.59. The molecule has 5 aromatic rings. The summed E-state index contributed by atoms with van der Waals surface area (Å²) in [6.07, 6.45) is 0. The molecule has 5 heteroatoms. The lowest BCUT2D eigenvalue weighted by Crippen LogP contribution is -2.08. The molecule has 5 rings (SSSR count). The first-order valence-electron chi connectivity index (χ1n) is 8.74. The van der Waals surface area contributed by atoms with Crippen LogP contribution in [-0.4, -0.2) is 15.9 Å². The van der Waals surface area contributed by atoms with E-state index in [1.807, 2.05) is 36.4 Å². The number of carbonyl (C=O) groups excluding carboxylic acids is 1. The quantitative estimate of drug-likeness (QED) is 0.167. The molecule has 0 radical (unpaired) electrons. The average molecular weight is 385 g/mol. The second kappa shape index (κ2) is 6.59. The van der Waals surface area contributed by atoms with Crippen molar-refractivity contribution in [2.45, 2.75) is 0 Å². The Hall–Kier alpha value is -3.50. The number of halogens is 1. The molecule has 28 heavy (non-hydrogen) atoms. The molecule has 4 aromatic carbocycles. The number of ether oxygens (including phenoxy) is 1. The van der Waals surface area contributed by atoms with Gasteiger partial charge in [0.2, 0.25) is 0 Å². The van der Waals surface area contributed by atoms with E-state index >= 15 is 0 Å². The lowest BCUT2D eigenvalue weighted by atomic mass is 10.1. The molecule has 0 aliphatic rings. The minimum Gasteiger partial charge on any atom is -0.423 e. The predicted octanol–water partition coefficient (Wildman–Crippen LogP) is 5.81. The van der Waals surface area contributed by atoms with Gasteiger partial charge in [0, 0.05) is 10.4 Å². The van der Waals surface area contributed by atoms with Crippen molar-refractivity contribution in [3.63, 3.8) is 0 Å². The summed E-state index contributed by atoms with van der Waals surface area (Å²) in [7, 11) is 0. The van der Waals surface area contributed by atoms with Gasteiger partial charge in [0.15, 0.2) is 0 Å². The monoisotopic (exact) mass is 384 g/mol. The van der Waals surface area contributed by atoms with Crippen molar-refractivity contribution in [2.24, 2.45) is 0 Å². The summed E-state index contributed by atoms with van der Waals surface area (Å²) in [5.41, 5.74) is 3.42. The zero-order chi connectivity index (χ0) is 19.1. The van der Waals surface area contributed by atoms with Gasteiger partial charge in [-0.05, 0) is 53.9 Å². The fourth-order valence-corrected chi connectivity index (χ4v) is 3.33. The van der Waals surface area contributed by atoms with Crippen LogP contribution in [0.25, 0.3) is 32.8 Å². The fraction of sp³-hybridized carbons (Fsp3) is 0. The molecule has 0 N–H and O–H groups in total. The standard InChI is InChI=1S/C23H13ClN2O2/c24-16-7-9-17(10-8-16)28-23(27)15-6-11-19-21(13-15)26-22-18-4-2-1-3-14(18)5-12-20(22)25-19/h1-13H. The summed E-state index contributed by atoms with van der Waals surface area (Å²) >= 11 is 5.86. The van der Waals surface area contributed by atoms with Crippen LogP contribution in [0.5, 0.6) is 5.75 Å². The van der Waals surface area contributed by atoms with Gasteiger partial charge in [-0.2, -0.15) is 0 Å². The number of nitrogens with zero attached hydrogens (tertiary/aromatic N) is 2. The van der Waals surface area contributed by atoms with E-state index in [9.17, 15) is 4.79 Å². The smallest absolute Gasteiger partial charge is 0.343 e. The SMILES string of the molecule is O=C(Oc1ccc(Cl)cc1)c1ccc2nc3ccc4ccccc4c3nc2c1. The van der Waals surface area contributed by atoms with Crippen LogP contribution in [0, 0.1) is 0 Å². The van der Waals surface area contributed by atoms with Gasteiger partial charge in [-0.3, -0.25) is 0 Å². The first-order valence-corrected chi connectivity index (χ1v) is 9.12. The summed E-state index contributed by atoms with van der Waals surface area (Å²) in [4.78, 5) is 22.0. The average Bonchev–Trinajstić information content (AvgIpc) is 2.73. The van der Waals surface area contributed by atoms with Gasteiger partial charge in [-0.15, -0.1) is 0 Å². The third-order valence-corrected chi connectivity index (χ3v) is 4.84. The van der Waals surface area contributed by atoms with Crippen LogP contribution in [0.15, 0.2) is 78.9 Å². The van der Waals surface area contributed by atoms with E-state index < -0.39 is 5.97 Å². The van der Waals surface area contributed by atoms with Gasteiger partial charge in [0.25, 0.3) is 0 Å². The van der Waals surface area contributed by atoms with E-state index in [0.717, 1.165) is 27.3 Å². The lowest BCUT2D eigenvalue weighted by Gasteiger charge is -2.07. The molecule has 0 unspecified atom stereocenters. The van der Waals surface area contributed by atoms with E-state index in [1.165, 1.54) is 0 Å². The molecule has 0 saturated heterocycles. The zero-order valence-electron chi connectivity index (χ0n) is 14.6. The van der Waals surface area contributed by atoms with E-state index in [-0.39, 0.29) is 0 Å². The number of aromatic nitrogens is 2. The normalized spacial score (nSPS) is 11.2. The number of fused-ring (bicyclic) bond motifs is 4. The second-order valence-electron chi connectivity index (χ2n) is 6.42. The number of esters is 1. The van der Waals surface area contributed by atoms with E-state index in [1.54, 1.807) is 42.5 Å². The van der Waals surface area contributed by atoms with Crippen molar-refractivity contribution in [2.75, 3.05) is 0 Å². The van der Waals surface area contributed by atoms with E-state index in [2.05, 4.69) is 0 Å². The summed E-state index contributed by atoms with van der Waals surface area (Å²) < 4.78 is 5.42. The van der Waals surface area contributed by atoms with Crippen LogP contribution < -0.4 is 4.74 Å². The molecular formula is C23H13ClN2O2. The van der Waals surface area contributed by atoms with Crippen molar-refractivity contribution < 1.29 is 9.53 Å². The molecular weight excluding hydrogens is 372 g/mol. The summed E-state index contributed by atoms with van der Waals surface area (Å²) in [6.45, 7) is 0. The first-order chi connectivity index (χ1) is 13.7. The Morgan fingerprint density at radius 2 is 1.57 bits per heavy atom. The van der Waals surface area contributed by atoms with Crippen LogP contribution >= 0.6 is 11.6 Å². The number of hydrogen-bond acceptors (Lipinski definition) is 4. The Bertz CT molecular complexity index is 1360. The van der Waals surface area contributed by atoms with Crippen molar-refractivity contribution in [3.8, 4) is 5.75 Å². The zero-order valence-corrected chi connectivity index (χ0v) is 15.4. The highest BCUT2D eigenvalue weighted by Gasteiger charge is 2.12. The van der Waals surface area contributed by atoms with Crippen LogP contribution in [-0.2, 0) is 0 Å². The van der Waals surface area contributed by atoms with Crippen molar-refractivity contribution in [1.82, 2.24) is 9.97 Å². The molecule has 0 aliphatic heterocycles. The van der Waals surface area contributed by atoms with Crippen LogP contribution in [0.2, 0.25) is 5.02 Å². The van der Waals surface area contributed by atoms with Gasteiger partial charge in [-0.1, -0.05) is 41.9 Å². The lowest BCUT2D eigenvalue weighted by molar-refractivity contribution is 0.0735. The summed E-state index contributed by atoms with van der Waals surface area (Å²) in [5.74, 6) is -0.0193. The third-order valence-electron chi connectivity index (χ3n) is 4.59. The maximum Gasteiger partial charge on any atom is 0.343 e.